The molecule has 3 rings (SSSR count). The summed E-state index contributed by atoms with van der Waals surface area (Å²) >= 11 is 6.23. The van der Waals surface area contributed by atoms with Crippen molar-refractivity contribution in [3.8, 4) is 6.07 Å². The molecule has 0 bridgehead atoms. The summed E-state index contributed by atoms with van der Waals surface area (Å²) in [5, 5.41) is 17.3. The van der Waals surface area contributed by atoms with Crippen molar-refractivity contribution >= 4 is 11.6 Å². The quantitative estimate of drug-likeness (QED) is 0.865. The van der Waals surface area contributed by atoms with Crippen molar-refractivity contribution in [2.24, 2.45) is 0 Å². The molecule has 22 heavy (non-hydrogen) atoms. The maximum absolute atomic E-state index is 8.88. The summed E-state index contributed by atoms with van der Waals surface area (Å²) in [6.07, 6.45) is -0.216. The molecule has 1 fully saturated rings. The molecule has 0 aliphatic carbocycles. The van der Waals surface area contributed by atoms with Crippen LogP contribution in [0.15, 0.2) is 22.6 Å². The molecule has 1 aliphatic heterocycles. The zero-order chi connectivity index (χ0) is 15.5. The van der Waals surface area contributed by atoms with Gasteiger partial charge in [0.05, 0.1) is 18.2 Å². The van der Waals surface area contributed by atoms with Gasteiger partial charge >= 0.3 is 0 Å². The van der Waals surface area contributed by atoms with E-state index in [2.05, 4.69) is 21.2 Å². The number of aryl methyl sites for hydroxylation is 1. The molecule has 0 N–H and O–H groups in total. The second-order valence-corrected chi connectivity index (χ2v) is 5.58. The molecule has 7 heteroatoms. The van der Waals surface area contributed by atoms with Gasteiger partial charge < -0.3 is 9.15 Å². The fraction of sp³-hybridized carbons (Fsp3) is 0.400. The summed E-state index contributed by atoms with van der Waals surface area (Å²) in [7, 11) is 0. The van der Waals surface area contributed by atoms with Crippen LogP contribution >= 0.6 is 11.6 Å². The van der Waals surface area contributed by atoms with Gasteiger partial charge in [0.15, 0.2) is 0 Å². The molecule has 2 heterocycles. The Hall–Kier alpha value is -1.94. The van der Waals surface area contributed by atoms with E-state index in [1.807, 2.05) is 6.07 Å². The first-order valence-electron chi connectivity index (χ1n) is 6.98. The molecule has 0 amide bonds. The standard InChI is InChI=1S/C15H15ClN4O2/c1-10-18-19-15(22-10)14-9-20(4-5-21-14)8-12-3-2-11(7-17)6-13(12)16/h2-3,6,14H,4-5,8-9H2,1H3. The predicted octanol–water partition coefficient (Wildman–Crippen LogP) is 2.48. The van der Waals surface area contributed by atoms with Gasteiger partial charge in [-0.1, -0.05) is 17.7 Å². The van der Waals surface area contributed by atoms with Crippen LogP contribution in [0, 0.1) is 18.3 Å². The highest BCUT2D eigenvalue weighted by atomic mass is 35.5. The third kappa shape index (κ3) is 3.28. The first kappa shape index (κ1) is 15.0. The second kappa shape index (κ2) is 6.44. The molecule has 114 valence electrons. The zero-order valence-corrected chi connectivity index (χ0v) is 12.9. The normalized spacial score (nSPS) is 19.0. The number of hydrogen-bond donors (Lipinski definition) is 0. The maximum atomic E-state index is 8.88. The van der Waals surface area contributed by atoms with Gasteiger partial charge in [0.1, 0.15) is 6.10 Å². The van der Waals surface area contributed by atoms with E-state index in [1.165, 1.54) is 0 Å². The summed E-state index contributed by atoms with van der Waals surface area (Å²) < 4.78 is 11.1. The molecule has 0 saturated carbocycles. The van der Waals surface area contributed by atoms with Gasteiger partial charge in [0.25, 0.3) is 0 Å². The molecule has 1 aromatic carbocycles. The van der Waals surface area contributed by atoms with Crippen molar-refractivity contribution in [1.29, 1.82) is 5.26 Å². The number of morpholine rings is 1. The summed E-state index contributed by atoms with van der Waals surface area (Å²) in [5.41, 5.74) is 1.55. The van der Waals surface area contributed by atoms with Crippen molar-refractivity contribution in [1.82, 2.24) is 15.1 Å². The molecular weight excluding hydrogens is 304 g/mol. The summed E-state index contributed by atoms with van der Waals surface area (Å²) in [4.78, 5) is 2.22. The highest BCUT2D eigenvalue weighted by Gasteiger charge is 2.26. The van der Waals surface area contributed by atoms with Crippen molar-refractivity contribution in [3.05, 3.63) is 46.1 Å². The van der Waals surface area contributed by atoms with Crippen molar-refractivity contribution < 1.29 is 9.15 Å². The van der Waals surface area contributed by atoms with Crippen LogP contribution in [0.25, 0.3) is 0 Å². The van der Waals surface area contributed by atoms with Gasteiger partial charge in [-0.15, -0.1) is 10.2 Å². The van der Waals surface area contributed by atoms with E-state index in [1.54, 1.807) is 19.1 Å². The first-order valence-corrected chi connectivity index (χ1v) is 7.36. The second-order valence-electron chi connectivity index (χ2n) is 5.17. The summed E-state index contributed by atoms with van der Waals surface area (Å²) in [6.45, 7) is 4.52. The topological polar surface area (TPSA) is 75.2 Å². The number of rotatable bonds is 3. The average Bonchev–Trinajstić information content (AvgIpc) is 2.96. The lowest BCUT2D eigenvalue weighted by molar-refractivity contribution is -0.0457. The van der Waals surface area contributed by atoms with Crippen molar-refractivity contribution in [2.75, 3.05) is 19.7 Å². The van der Waals surface area contributed by atoms with Gasteiger partial charge in [-0.05, 0) is 17.7 Å². The molecule has 0 radical (unpaired) electrons. The van der Waals surface area contributed by atoms with Gasteiger partial charge in [-0.3, -0.25) is 4.90 Å². The van der Waals surface area contributed by atoms with E-state index in [0.717, 1.165) is 12.1 Å². The van der Waals surface area contributed by atoms with E-state index in [0.29, 0.717) is 42.1 Å². The minimum atomic E-state index is -0.216. The number of nitrogens with zero attached hydrogens (tertiary/aromatic N) is 4. The van der Waals surface area contributed by atoms with Crippen molar-refractivity contribution in [2.45, 2.75) is 19.6 Å². The maximum Gasteiger partial charge on any atom is 0.246 e. The lowest BCUT2D eigenvalue weighted by Gasteiger charge is -2.31. The molecular formula is C15H15ClN4O2. The van der Waals surface area contributed by atoms with Crippen molar-refractivity contribution in [3.63, 3.8) is 0 Å². The minimum absolute atomic E-state index is 0.216. The van der Waals surface area contributed by atoms with Gasteiger partial charge in [0.2, 0.25) is 11.8 Å². The average molecular weight is 319 g/mol. The zero-order valence-electron chi connectivity index (χ0n) is 12.1. The van der Waals surface area contributed by atoms with Gasteiger partial charge in [-0.25, -0.2) is 0 Å². The van der Waals surface area contributed by atoms with E-state index in [4.69, 9.17) is 26.0 Å². The number of aromatic nitrogens is 2. The van der Waals surface area contributed by atoms with Crippen LogP contribution in [-0.2, 0) is 11.3 Å². The fourth-order valence-corrected chi connectivity index (χ4v) is 2.66. The number of benzene rings is 1. The molecule has 2 aromatic rings. The molecule has 6 nitrogen and oxygen atoms in total. The Morgan fingerprint density at radius 1 is 1.45 bits per heavy atom. The summed E-state index contributed by atoms with van der Waals surface area (Å²) in [6, 6.07) is 7.44. The van der Waals surface area contributed by atoms with Crippen LogP contribution < -0.4 is 0 Å². The fourth-order valence-electron chi connectivity index (χ4n) is 2.42. The lowest BCUT2D eigenvalue weighted by Crippen LogP contribution is -2.38. The number of hydrogen-bond acceptors (Lipinski definition) is 6. The molecule has 0 spiro atoms. The van der Waals surface area contributed by atoms with Crippen LogP contribution in [0.2, 0.25) is 5.02 Å². The van der Waals surface area contributed by atoms with E-state index in [-0.39, 0.29) is 6.10 Å². The monoisotopic (exact) mass is 318 g/mol. The summed E-state index contributed by atoms with van der Waals surface area (Å²) in [5.74, 6) is 1.04. The Morgan fingerprint density at radius 3 is 3.00 bits per heavy atom. The van der Waals surface area contributed by atoms with E-state index >= 15 is 0 Å². The lowest BCUT2D eigenvalue weighted by atomic mass is 10.1. The molecule has 1 atom stereocenters. The number of ether oxygens (including phenoxy) is 1. The third-order valence-electron chi connectivity index (χ3n) is 3.54. The highest BCUT2D eigenvalue weighted by molar-refractivity contribution is 6.31. The molecule has 1 aromatic heterocycles. The molecule has 1 aliphatic rings. The van der Waals surface area contributed by atoms with E-state index < -0.39 is 0 Å². The Labute approximate surface area is 133 Å². The molecule has 1 unspecified atom stereocenters. The number of nitriles is 1. The number of halogens is 1. The SMILES string of the molecule is Cc1nnc(C2CN(Cc3ccc(C#N)cc3Cl)CCO2)o1. The van der Waals surface area contributed by atoms with Crippen LogP contribution in [0.3, 0.4) is 0 Å². The highest BCUT2D eigenvalue weighted by Crippen LogP contribution is 2.24. The largest absolute Gasteiger partial charge is 0.423 e. The Morgan fingerprint density at radius 2 is 2.32 bits per heavy atom. The molecule has 1 saturated heterocycles. The van der Waals surface area contributed by atoms with Crippen LogP contribution in [-0.4, -0.2) is 34.8 Å². The Kier molecular flexibility index (Phi) is 4.39. The van der Waals surface area contributed by atoms with Crippen LogP contribution in [0.1, 0.15) is 29.0 Å². The Balaban J connectivity index is 1.69. The van der Waals surface area contributed by atoms with E-state index in [9.17, 15) is 0 Å². The predicted molar refractivity (Wildman–Crippen MR) is 79.2 cm³/mol. The van der Waals surface area contributed by atoms with Crippen LogP contribution in [0.5, 0.6) is 0 Å². The first-order chi connectivity index (χ1) is 10.7. The van der Waals surface area contributed by atoms with Crippen LogP contribution in [0.4, 0.5) is 0 Å². The van der Waals surface area contributed by atoms with Gasteiger partial charge in [0, 0.05) is 31.6 Å². The minimum Gasteiger partial charge on any atom is -0.423 e. The van der Waals surface area contributed by atoms with Gasteiger partial charge in [-0.2, -0.15) is 5.26 Å². The third-order valence-corrected chi connectivity index (χ3v) is 3.90. The Bertz CT molecular complexity index is 710. The smallest absolute Gasteiger partial charge is 0.246 e.